The first kappa shape index (κ1) is 22.5. The number of rotatable bonds is 4. The zero-order valence-corrected chi connectivity index (χ0v) is 19.9. The quantitative estimate of drug-likeness (QED) is 0.504. The van der Waals surface area contributed by atoms with Crippen LogP contribution in [0, 0.1) is 5.82 Å². The van der Waals surface area contributed by atoms with E-state index in [9.17, 15) is 14.0 Å². The number of carbonyl (C=O) groups excluding carboxylic acids is 2. The summed E-state index contributed by atoms with van der Waals surface area (Å²) < 4.78 is 14.9. The van der Waals surface area contributed by atoms with Gasteiger partial charge < -0.3 is 15.5 Å². The lowest BCUT2D eigenvalue weighted by molar-refractivity contribution is -0.120. The predicted octanol–water partition coefficient (Wildman–Crippen LogP) is 4.99. The van der Waals surface area contributed by atoms with Gasteiger partial charge in [-0.15, -0.1) is 23.5 Å². The fourth-order valence-corrected chi connectivity index (χ4v) is 5.53. The second-order valence-corrected chi connectivity index (χ2v) is 9.70. The highest BCUT2D eigenvalue weighted by atomic mass is 32.2. The number of para-hydroxylation sites is 1. The number of urea groups is 1. The monoisotopic (exact) mass is 492 g/mol. The van der Waals surface area contributed by atoms with Gasteiger partial charge in [0, 0.05) is 38.9 Å². The van der Waals surface area contributed by atoms with Crippen molar-refractivity contribution in [3.63, 3.8) is 0 Å². The highest BCUT2D eigenvalue weighted by Gasteiger charge is 2.36. The van der Waals surface area contributed by atoms with Crippen LogP contribution in [0.5, 0.6) is 0 Å². The molecule has 0 saturated heterocycles. The summed E-state index contributed by atoms with van der Waals surface area (Å²) in [5.41, 5.74) is 2.59. The third-order valence-electron chi connectivity index (χ3n) is 5.58. The zero-order chi connectivity index (χ0) is 23.7. The summed E-state index contributed by atoms with van der Waals surface area (Å²) in [6.45, 7) is 0.475. The molecule has 1 atom stereocenters. The summed E-state index contributed by atoms with van der Waals surface area (Å²) in [4.78, 5) is 34.6. The predicted molar refractivity (Wildman–Crippen MR) is 136 cm³/mol. The zero-order valence-electron chi connectivity index (χ0n) is 18.2. The summed E-state index contributed by atoms with van der Waals surface area (Å²) in [5, 5.41) is 5.46. The highest BCUT2D eigenvalue weighted by Crippen LogP contribution is 2.40. The molecule has 3 aromatic carbocycles. The van der Waals surface area contributed by atoms with Gasteiger partial charge in [0.05, 0.1) is 11.4 Å². The van der Waals surface area contributed by atoms with Crippen LogP contribution in [0.2, 0.25) is 0 Å². The standard InChI is InChI=1S/C25H21FN4O2S2/c1-33-16-7-4-6-15(14-16)27-25(32)29-23-24(31)30-12-13-34-20-11-5-9-18(22(20)30)21(28-23)17-8-2-3-10-19(17)26/h2-11,14,23H,12-13H2,1H3,(H2,27,29,32). The molecule has 3 aromatic rings. The third-order valence-corrected chi connectivity index (χ3v) is 7.33. The van der Waals surface area contributed by atoms with E-state index >= 15 is 0 Å². The molecule has 2 aliphatic heterocycles. The summed E-state index contributed by atoms with van der Waals surface area (Å²) in [6, 6.07) is 18.8. The Bertz CT molecular complexity index is 1310. The van der Waals surface area contributed by atoms with E-state index in [1.165, 1.54) is 6.07 Å². The Kier molecular flexibility index (Phi) is 6.30. The smallest absolute Gasteiger partial charge is 0.308 e. The van der Waals surface area contributed by atoms with Gasteiger partial charge >= 0.3 is 6.03 Å². The molecule has 2 N–H and O–H groups in total. The number of thioether (sulfide) groups is 2. The number of aliphatic imine (C=N–C) groups is 1. The molecule has 3 amide bonds. The Balaban J connectivity index is 1.54. The van der Waals surface area contributed by atoms with Crippen molar-refractivity contribution in [2.24, 2.45) is 4.99 Å². The second-order valence-electron chi connectivity index (χ2n) is 7.68. The van der Waals surface area contributed by atoms with E-state index < -0.39 is 18.0 Å². The fraction of sp³-hybridized carbons (Fsp3) is 0.160. The van der Waals surface area contributed by atoms with Crippen molar-refractivity contribution in [1.82, 2.24) is 5.32 Å². The Morgan fingerprint density at radius 3 is 2.74 bits per heavy atom. The molecular formula is C25H21FN4O2S2. The first-order valence-electron chi connectivity index (χ1n) is 10.7. The molecule has 34 heavy (non-hydrogen) atoms. The highest BCUT2D eigenvalue weighted by molar-refractivity contribution is 7.99. The Labute approximate surface area is 205 Å². The van der Waals surface area contributed by atoms with Crippen LogP contribution in [0.4, 0.5) is 20.6 Å². The molecular weight excluding hydrogens is 471 g/mol. The van der Waals surface area contributed by atoms with Crippen molar-refractivity contribution < 1.29 is 14.0 Å². The molecule has 2 aliphatic rings. The van der Waals surface area contributed by atoms with Crippen molar-refractivity contribution in [2.75, 3.05) is 28.8 Å². The Morgan fingerprint density at radius 1 is 1.12 bits per heavy atom. The van der Waals surface area contributed by atoms with E-state index in [0.29, 0.717) is 29.2 Å². The number of halogens is 1. The van der Waals surface area contributed by atoms with Gasteiger partial charge in [-0.1, -0.05) is 30.3 Å². The first-order valence-corrected chi connectivity index (χ1v) is 12.9. The molecule has 1 unspecified atom stereocenters. The van der Waals surface area contributed by atoms with Crippen LogP contribution >= 0.6 is 23.5 Å². The minimum atomic E-state index is -1.21. The number of nitrogens with zero attached hydrogens (tertiary/aromatic N) is 2. The Hall–Kier alpha value is -3.30. The number of anilines is 2. The number of hydrogen-bond acceptors (Lipinski definition) is 5. The van der Waals surface area contributed by atoms with Gasteiger partial charge in [0.25, 0.3) is 5.91 Å². The van der Waals surface area contributed by atoms with Crippen molar-refractivity contribution in [3.05, 3.63) is 83.7 Å². The van der Waals surface area contributed by atoms with Crippen molar-refractivity contribution in [1.29, 1.82) is 0 Å². The number of amides is 3. The van der Waals surface area contributed by atoms with E-state index in [1.807, 2.05) is 42.7 Å². The van der Waals surface area contributed by atoms with Gasteiger partial charge in [-0.3, -0.25) is 4.79 Å². The molecule has 9 heteroatoms. The van der Waals surface area contributed by atoms with Crippen LogP contribution in [0.1, 0.15) is 11.1 Å². The van der Waals surface area contributed by atoms with E-state index in [0.717, 1.165) is 15.5 Å². The molecule has 5 rings (SSSR count). The first-order chi connectivity index (χ1) is 16.5. The van der Waals surface area contributed by atoms with Crippen LogP contribution in [0.15, 0.2) is 81.5 Å². The van der Waals surface area contributed by atoms with Crippen molar-refractivity contribution in [2.45, 2.75) is 16.0 Å². The lowest BCUT2D eigenvalue weighted by Crippen LogP contribution is -2.49. The molecule has 0 bridgehead atoms. The lowest BCUT2D eigenvalue weighted by Gasteiger charge is -2.30. The van der Waals surface area contributed by atoms with Gasteiger partial charge in [-0.25, -0.2) is 14.2 Å². The maximum atomic E-state index is 14.9. The van der Waals surface area contributed by atoms with Gasteiger partial charge in [0.1, 0.15) is 5.82 Å². The van der Waals surface area contributed by atoms with Crippen LogP contribution in [-0.2, 0) is 4.79 Å². The van der Waals surface area contributed by atoms with Gasteiger partial charge in [0.15, 0.2) is 0 Å². The normalized spacial score (nSPS) is 16.9. The van der Waals surface area contributed by atoms with E-state index in [1.54, 1.807) is 52.7 Å². The number of hydrogen-bond donors (Lipinski definition) is 2. The maximum Gasteiger partial charge on any atom is 0.321 e. The maximum absolute atomic E-state index is 14.9. The van der Waals surface area contributed by atoms with Crippen LogP contribution < -0.4 is 15.5 Å². The van der Waals surface area contributed by atoms with Crippen LogP contribution in [-0.4, -0.2) is 42.4 Å². The molecule has 0 spiro atoms. The summed E-state index contributed by atoms with van der Waals surface area (Å²) in [5.74, 6) is -0.0777. The molecule has 2 heterocycles. The van der Waals surface area contributed by atoms with Crippen LogP contribution in [0.3, 0.4) is 0 Å². The average molecular weight is 493 g/mol. The van der Waals surface area contributed by atoms with E-state index in [4.69, 9.17) is 0 Å². The number of benzene rings is 3. The van der Waals surface area contributed by atoms with Gasteiger partial charge in [0.2, 0.25) is 6.17 Å². The third kappa shape index (κ3) is 4.28. The van der Waals surface area contributed by atoms with Gasteiger partial charge in [-0.2, -0.15) is 0 Å². The lowest BCUT2D eigenvalue weighted by atomic mass is 9.99. The topological polar surface area (TPSA) is 73.8 Å². The van der Waals surface area contributed by atoms with E-state index in [-0.39, 0.29) is 11.5 Å². The second kappa shape index (κ2) is 9.52. The SMILES string of the molecule is CSc1cccc(NC(=O)NC2N=C(c3ccccc3F)c3cccc4c3N(CCS4)C2=O)c1. The largest absolute Gasteiger partial charge is 0.321 e. The van der Waals surface area contributed by atoms with Crippen LogP contribution in [0.25, 0.3) is 0 Å². The summed E-state index contributed by atoms with van der Waals surface area (Å²) >= 11 is 3.20. The molecule has 0 aromatic heterocycles. The summed E-state index contributed by atoms with van der Waals surface area (Å²) in [6.07, 6.45) is 0.743. The average Bonchev–Trinajstić information content (AvgIpc) is 2.96. The Morgan fingerprint density at radius 2 is 1.91 bits per heavy atom. The van der Waals surface area contributed by atoms with Crippen molar-refractivity contribution in [3.8, 4) is 0 Å². The number of nitrogens with one attached hydrogen (secondary N) is 2. The van der Waals surface area contributed by atoms with E-state index in [2.05, 4.69) is 15.6 Å². The molecule has 6 nitrogen and oxygen atoms in total. The van der Waals surface area contributed by atoms with Gasteiger partial charge in [-0.05, 0) is 42.7 Å². The van der Waals surface area contributed by atoms with Crippen molar-refractivity contribution >= 4 is 52.5 Å². The molecule has 172 valence electrons. The fourth-order valence-electron chi connectivity index (χ4n) is 4.04. The summed E-state index contributed by atoms with van der Waals surface area (Å²) in [7, 11) is 0. The molecule has 0 fully saturated rings. The number of carbonyl (C=O) groups is 2. The molecule has 0 radical (unpaired) electrons. The molecule has 0 aliphatic carbocycles. The minimum Gasteiger partial charge on any atom is -0.308 e. The molecule has 0 saturated carbocycles. The minimum absolute atomic E-state index is 0.279.